The van der Waals surface area contributed by atoms with Gasteiger partial charge in [-0.15, -0.1) is 0 Å². The minimum atomic E-state index is -1.02. The number of rotatable bonds is 4. The number of fused-ring (bicyclic) bond motifs is 1. The SMILES string of the molecule is Cc1c(C(=O)O[C@H](C(=O)N(C)C)c2ccccc2)oc2ccccc12. The minimum absolute atomic E-state index is 0.119. The van der Waals surface area contributed by atoms with Crippen LogP contribution in [0.1, 0.15) is 27.8 Å². The van der Waals surface area contributed by atoms with Gasteiger partial charge in [0.2, 0.25) is 11.9 Å². The van der Waals surface area contributed by atoms with Crippen LogP contribution in [0.5, 0.6) is 0 Å². The highest BCUT2D eigenvalue weighted by atomic mass is 16.6. The smallest absolute Gasteiger partial charge is 0.375 e. The van der Waals surface area contributed by atoms with Gasteiger partial charge < -0.3 is 14.1 Å². The number of nitrogens with zero attached hydrogens (tertiary/aromatic N) is 1. The summed E-state index contributed by atoms with van der Waals surface area (Å²) in [5, 5.41) is 0.852. The molecule has 0 saturated carbocycles. The van der Waals surface area contributed by atoms with Crippen LogP contribution in [-0.2, 0) is 9.53 Å². The molecule has 0 spiro atoms. The number of esters is 1. The third kappa shape index (κ3) is 3.26. The van der Waals surface area contributed by atoms with Crippen LogP contribution in [0.2, 0.25) is 0 Å². The molecule has 0 saturated heterocycles. The lowest BCUT2D eigenvalue weighted by Crippen LogP contribution is -2.31. The highest BCUT2D eigenvalue weighted by molar-refractivity contribution is 5.97. The maximum Gasteiger partial charge on any atom is 0.375 e. The first-order valence-corrected chi connectivity index (χ1v) is 7.94. The molecular weight excluding hydrogens is 318 g/mol. The van der Waals surface area contributed by atoms with Gasteiger partial charge in [-0.05, 0) is 13.0 Å². The Morgan fingerprint density at radius 1 is 1.00 bits per heavy atom. The van der Waals surface area contributed by atoms with E-state index in [2.05, 4.69) is 0 Å². The lowest BCUT2D eigenvalue weighted by atomic mass is 10.1. The largest absolute Gasteiger partial charge is 0.449 e. The molecule has 0 aliphatic carbocycles. The van der Waals surface area contributed by atoms with E-state index in [1.807, 2.05) is 24.3 Å². The van der Waals surface area contributed by atoms with Crippen molar-refractivity contribution in [2.45, 2.75) is 13.0 Å². The number of ether oxygens (including phenoxy) is 1. The van der Waals surface area contributed by atoms with Crippen LogP contribution in [0.25, 0.3) is 11.0 Å². The molecule has 0 unspecified atom stereocenters. The molecule has 5 nitrogen and oxygen atoms in total. The number of carbonyl (C=O) groups is 2. The van der Waals surface area contributed by atoms with E-state index < -0.39 is 12.1 Å². The highest BCUT2D eigenvalue weighted by Gasteiger charge is 2.29. The number of aryl methyl sites for hydroxylation is 1. The Morgan fingerprint density at radius 3 is 2.28 bits per heavy atom. The summed E-state index contributed by atoms with van der Waals surface area (Å²) in [5.74, 6) is -0.847. The number of hydrogen-bond acceptors (Lipinski definition) is 4. The van der Waals surface area contributed by atoms with Crippen molar-refractivity contribution in [3.63, 3.8) is 0 Å². The van der Waals surface area contributed by atoms with E-state index >= 15 is 0 Å². The molecule has 1 amide bonds. The fraction of sp³-hybridized carbons (Fsp3) is 0.200. The second-order valence-corrected chi connectivity index (χ2v) is 5.98. The van der Waals surface area contributed by atoms with Crippen LogP contribution in [0, 0.1) is 6.92 Å². The quantitative estimate of drug-likeness (QED) is 0.681. The topological polar surface area (TPSA) is 59.8 Å². The average Bonchev–Trinajstić information content (AvgIpc) is 2.97. The summed E-state index contributed by atoms with van der Waals surface area (Å²) in [4.78, 5) is 26.5. The normalized spacial score (nSPS) is 12.0. The van der Waals surface area contributed by atoms with E-state index in [1.54, 1.807) is 51.4 Å². The van der Waals surface area contributed by atoms with Crippen molar-refractivity contribution in [3.05, 3.63) is 71.5 Å². The molecule has 0 aliphatic heterocycles. The molecule has 0 N–H and O–H groups in total. The summed E-state index contributed by atoms with van der Waals surface area (Å²) in [5.41, 5.74) is 1.93. The van der Waals surface area contributed by atoms with Gasteiger partial charge in [0, 0.05) is 30.6 Å². The molecule has 1 aromatic heterocycles. The fourth-order valence-electron chi connectivity index (χ4n) is 2.65. The van der Waals surface area contributed by atoms with E-state index in [0.717, 1.165) is 5.39 Å². The van der Waals surface area contributed by atoms with Crippen molar-refractivity contribution in [2.24, 2.45) is 0 Å². The van der Waals surface area contributed by atoms with Gasteiger partial charge in [0.15, 0.2) is 0 Å². The number of benzene rings is 2. The first-order valence-electron chi connectivity index (χ1n) is 7.94. The van der Waals surface area contributed by atoms with Gasteiger partial charge in [-0.25, -0.2) is 4.79 Å². The molecule has 0 fully saturated rings. The van der Waals surface area contributed by atoms with Gasteiger partial charge in [0.05, 0.1) is 0 Å². The van der Waals surface area contributed by atoms with E-state index in [0.29, 0.717) is 16.7 Å². The summed E-state index contributed by atoms with van der Waals surface area (Å²) in [6.45, 7) is 1.80. The monoisotopic (exact) mass is 337 g/mol. The number of likely N-dealkylation sites (N-methyl/N-ethyl adjacent to an activating group) is 1. The van der Waals surface area contributed by atoms with Crippen LogP contribution < -0.4 is 0 Å². The molecular formula is C20H19NO4. The lowest BCUT2D eigenvalue weighted by Gasteiger charge is -2.20. The standard InChI is InChI=1S/C20H19NO4/c1-13-15-11-7-8-12-16(15)24-17(13)20(23)25-18(19(22)21(2)3)14-9-5-4-6-10-14/h4-12,18H,1-3H3/t18-/m0/s1. The second-order valence-electron chi connectivity index (χ2n) is 5.98. The Labute approximate surface area is 145 Å². The van der Waals surface area contributed by atoms with Crippen molar-refractivity contribution in [2.75, 3.05) is 14.1 Å². The molecule has 3 aromatic rings. The first kappa shape index (κ1) is 16.8. The number of hydrogen-bond donors (Lipinski definition) is 0. The summed E-state index contributed by atoms with van der Waals surface area (Å²) in [7, 11) is 3.25. The average molecular weight is 337 g/mol. The zero-order valence-electron chi connectivity index (χ0n) is 14.4. The third-order valence-electron chi connectivity index (χ3n) is 4.02. The molecule has 25 heavy (non-hydrogen) atoms. The van der Waals surface area contributed by atoms with Crippen LogP contribution in [0.4, 0.5) is 0 Å². The molecule has 0 aliphatic rings. The van der Waals surface area contributed by atoms with Crippen molar-refractivity contribution < 1.29 is 18.7 Å². The van der Waals surface area contributed by atoms with Gasteiger partial charge in [0.25, 0.3) is 5.91 Å². The van der Waals surface area contributed by atoms with E-state index in [1.165, 1.54) is 4.90 Å². The summed E-state index contributed by atoms with van der Waals surface area (Å²) in [6, 6.07) is 16.3. The van der Waals surface area contributed by atoms with Gasteiger partial charge in [-0.1, -0.05) is 48.5 Å². The Hall–Kier alpha value is -3.08. The van der Waals surface area contributed by atoms with Crippen molar-refractivity contribution in [1.82, 2.24) is 4.90 Å². The predicted octanol–water partition coefficient (Wildman–Crippen LogP) is 3.73. The Bertz CT molecular complexity index is 912. The summed E-state index contributed by atoms with van der Waals surface area (Å²) in [6.07, 6.45) is -1.02. The Kier molecular flexibility index (Phi) is 4.57. The van der Waals surface area contributed by atoms with E-state index in [-0.39, 0.29) is 11.7 Å². The van der Waals surface area contributed by atoms with E-state index in [4.69, 9.17) is 9.15 Å². The maximum atomic E-state index is 12.7. The molecule has 0 radical (unpaired) electrons. The number of amides is 1. The molecule has 3 rings (SSSR count). The van der Waals surface area contributed by atoms with Crippen LogP contribution in [0.3, 0.4) is 0 Å². The van der Waals surface area contributed by atoms with Gasteiger partial charge in [-0.3, -0.25) is 4.79 Å². The van der Waals surface area contributed by atoms with Crippen LogP contribution in [-0.4, -0.2) is 30.9 Å². The van der Waals surface area contributed by atoms with Crippen LogP contribution in [0.15, 0.2) is 59.0 Å². The molecule has 0 bridgehead atoms. The van der Waals surface area contributed by atoms with Gasteiger partial charge in [0.1, 0.15) is 5.58 Å². The minimum Gasteiger partial charge on any atom is -0.449 e. The molecule has 1 heterocycles. The third-order valence-corrected chi connectivity index (χ3v) is 4.02. The number of furan rings is 1. The number of carbonyl (C=O) groups excluding carboxylic acids is 2. The van der Waals surface area contributed by atoms with Gasteiger partial charge in [-0.2, -0.15) is 0 Å². The molecule has 128 valence electrons. The Morgan fingerprint density at radius 2 is 1.64 bits per heavy atom. The van der Waals surface area contributed by atoms with Crippen molar-refractivity contribution >= 4 is 22.8 Å². The summed E-state index contributed by atoms with van der Waals surface area (Å²) >= 11 is 0. The van der Waals surface area contributed by atoms with E-state index in [9.17, 15) is 9.59 Å². The van der Waals surface area contributed by atoms with Crippen molar-refractivity contribution in [3.8, 4) is 0 Å². The highest BCUT2D eigenvalue weighted by Crippen LogP contribution is 2.28. The maximum absolute atomic E-state index is 12.7. The first-order chi connectivity index (χ1) is 12.0. The van der Waals surface area contributed by atoms with Crippen molar-refractivity contribution in [1.29, 1.82) is 0 Å². The Balaban J connectivity index is 1.94. The number of para-hydroxylation sites is 1. The predicted molar refractivity (Wildman–Crippen MR) is 94.2 cm³/mol. The fourth-order valence-corrected chi connectivity index (χ4v) is 2.65. The zero-order chi connectivity index (χ0) is 18.0. The lowest BCUT2D eigenvalue weighted by molar-refractivity contribution is -0.138. The zero-order valence-corrected chi connectivity index (χ0v) is 14.4. The van der Waals surface area contributed by atoms with Crippen LogP contribution >= 0.6 is 0 Å². The second kappa shape index (κ2) is 6.81. The summed E-state index contributed by atoms with van der Waals surface area (Å²) < 4.78 is 11.2. The van der Waals surface area contributed by atoms with Gasteiger partial charge >= 0.3 is 5.97 Å². The molecule has 5 heteroatoms. The molecule has 1 atom stereocenters. The molecule has 2 aromatic carbocycles.